The van der Waals surface area contributed by atoms with Crippen LogP contribution in [0.2, 0.25) is 5.28 Å². The van der Waals surface area contributed by atoms with Gasteiger partial charge in [-0.3, -0.25) is 0 Å². The standard InChI is InChI=1S/C12H18ClN5O/c1-5-18(7-9(4)6-14)11-15-10(13)16-12(17-11)19-8(2)3/h8-9H,5,7H2,1-4H3. The lowest BCUT2D eigenvalue weighted by molar-refractivity contribution is 0.221. The van der Waals surface area contributed by atoms with Crippen LogP contribution in [-0.2, 0) is 0 Å². The molecule has 0 aliphatic heterocycles. The van der Waals surface area contributed by atoms with Crippen LogP contribution in [0.3, 0.4) is 0 Å². The third-order valence-corrected chi connectivity index (χ3v) is 2.47. The van der Waals surface area contributed by atoms with Gasteiger partial charge in [0.15, 0.2) is 0 Å². The molecule has 0 bridgehead atoms. The highest BCUT2D eigenvalue weighted by atomic mass is 35.5. The Hall–Kier alpha value is -1.61. The number of ether oxygens (including phenoxy) is 1. The number of aromatic nitrogens is 3. The third-order valence-electron chi connectivity index (χ3n) is 2.30. The van der Waals surface area contributed by atoms with Gasteiger partial charge in [-0.15, -0.1) is 0 Å². The number of halogens is 1. The van der Waals surface area contributed by atoms with Crippen LogP contribution in [0.25, 0.3) is 0 Å². The molecule has 1 unspecified atom stereocenters. The number of nitriles is 1. The summed E-state index contributed by atoms with van der Waals surface area (Å²) in [6.45, 7) is 8.78. The number of hydrogen-bond donors (Lipinski definition) is 0. The molecule has 1 atom stereocenters. The summed E-state index contributed by atoms with van der Waals surface area (Å²) < 4.78 is 5.42. The minimum Gasteiger partial charge on any atom is -0.461 e. The van der Waals surface area contributed by atoms with Crippen LogP contribution in [0.15, 0.2) is 0 Å². The molecule has 0 aliphatic rings. The van der Waals surface area contributed by atoms with Crippen molar-refractivity contribution in [3.8, 4) is 12.1 Å². The van der Waals surface area contributed by atoms with Gasteiger partial charge in [-0.25, -0.2) is 0 Å². The average Bonchev–Trinajstić information content (AvgIpc) is 2.33. The SMILES string of the molecule is CCN(CC(C)C#N)c1nc(Cl)nc(OC(C)C)n1. The maximum Gasteiger partial charge on any atom is 0.322 e. The molecule has 1 rings (SSSR count). The average molecular weight is 284 g/mol. The molecule has 0 N–H and O–H groups in total. The molecule has 0 radical (unpaired) electrons. The monoisotopic (exact) mass is 283 g/mol. The summed E-state index contributed by atoms with van der Waals surface area (Å²) >= 11 is 5.87. The second-order valence-corrected chi connectivity index (χ2v) is 4.76. The van der Waals surface area contributed by atoms with Crippen LogP contribution in [0.1, 0.15) is 27.7 Å². The van der Waals surface area contributed by atoms with Gasteiger partial charge >= 0.3 is 6.01 Å². The van der Waals surface area contributed by atoms with Crippen LogP contribution in [0, 0.1) is 17.2 Å². The molecular weight excluding hydrogens is 266 g/mol. The Balaban J connectivity index is 2.97. The van der Waals surface area contributed by atoms with Crippen LogP contribution in [-0.4, -0.2) is 34.1 Å². The molecule has 1 aromatic heterocycles. The van der Waals surface area contributed by atoms with Gasteiger partial charge < -0.3 is 9.64 Å². The first-order chi connectivity index (χ1) is 8.96. The van der Waals surface area contributed by atoms with Crippen molar-refractivity contribution in [2.24, 2.45) is 5.92 Å². The molecule has 0 aliphatic carbocycles. The molecular formula is C12H18ClN5O. The minimum atomic E-state index is -0.120. The molecule has 0 saturated heterocycles. The van der Waals surface area contributed by atoms with Gasteiger partial charge in [-0.05, 0) is 39.3 Å². The quantitative estimate of drug-likeness (QED) is 0.797. The molecule has 1 aromatic rings. The van der Waals surface area contributed by atoms with E-state index in [1.54, 1.807) is 0 Å². The van der Waals surface area contributed by atoms with E-state index in [0.29, 0.717) is 19.0 Å². The molecule has 0 fully saturated rings. The third kappa shape index (κ3) is 4.87. The molecule has 104 valence electrons. The van der Waals surface area contributed by atoms with Gasteiger partial charge in [0.05, 0.1) is 18.1 Å². The van der Waals surface area contributed by atoms with Gasteiger partial charge in [-0.2, -0.15) is 20.2 Å². The number of rotatable bonds is 6. The molecule has 19 heavy (non-hydrogen) atoms. The highest BCUT2D eigenvalue weighted by molar-refractivity contribution is 6.28. The molecule has 6 nitrogen and oxygen atoms in total. The second kappa shape index (κ2) is 7.10. The van der Waals surface area contributed by atoms with Crippen molar-refractivity contribution in [3.05, 3.63) is 5.28 Å². The first-order valence-electron chi connectivity index (χ1n) is 6.19. The summed E-state index contributed by atoms with van der Waals surface area (Å²) in [6.07, 6.45) is -0.0422. The first-order valence-corrected chi connectivity index (χ1v) is 6.56. The van der Waals surface area contributed by atoms with Crippen LogP contribution >= 0.6 is 11.6 Å². The smallest absolute Gasteiger partial charge is 0.322 e. The van der Waals surface area contributed by atoms with E-state index in [0.717, 1.165) is 0 Å². The zero-order chi connectivity index (χ0) is 14.4. The molecule has 0 amide bonds. The molecule has 1 heterocycles. The Morgan fingerprint density at radius 1 is 1.32 bits per heavy atom. The molecule has 0 aromatic carbocycles. The minimum absolute atomic E-state index is 0.0422. The van der Waals surface area contributed by atoms with Crippen LogP contribution in [0.5, 0.6) is 6.01 Å². The van der Waals surface area contributed by atoms with E-state index in [-0.39, 0.29) is 23.3 Å². The van der Waals surface area contributed by atoms with Crippen molar-refractivity contribution < 1.29 is 4.74 Å². The van der Waals surface area contributed by atoms with Crippen molar-refractivity contribution in [2.75, 3.05) is 18.0 Å². The highest BCUT2D eigenvalue weighted by Crippen LogP contribution is 2.17. The fourth-order valence-electron chi connectivity index (χ4n) is 1.45. The van der Waals surface area contributed by atoms with Crippen molar-refractivity contribution in [2.45, 2.75) is 33.8 Å². The maximum atomic E-state index is 8.87. The van der Waals surface area contributed by atoms with Crippen LogP contribution < -0.4 is 9.64 Å². The molecule has 0 spiro atoms. The Morgan fingerprint density at radius 3 is 2.53 bits per heavy atom. The van der Waals surface area contributed by atoms with E-state index < -0.39 is 0 Å². The summed E-state index contributed by atoms with van der Waals surface area (Å²) in [7, 11) is 0. The fourth-order valence-corrected chi connectivity index (χ4v) is 1.60. The zero-order valence-electron chi connectivity index (χ0n) is 11.6. The predicted molar refractivity (Wildman–Crippen MR) is 73.3 cm³/mol. The Bertz CT molecular complexity index is 460. The number of nitrogens with zero attached hydrogens (tertiary/aromatic N) is 5. The normalized spacial score (nSPS) is 12.1. The number of anilines is 1. The van der Waals surface area contributed by atoms with E-state index in [4.69, 9.17) is 21.6 Å². The predicted octanol–water partition coefficient (Wildman–Crippen LogP) is 2.30. The highest BCUT2D eigenvalue weighted by Gasteiger charge is 2.15. The van der Waals surface area contributed by atoms with E-state index in [1.165, 1.54) is 0 Å². The van der Waals surface area contributed by atoms with Crippen LogP contribution in [0.4, 0.5) is 5.95 Å². The summed E-state index contributed by atoms with van der Waals surface area (Å²) in [5, 5.41) is 8.96. The largest absolute Gasteiger partial charge is 0.461 e. The van der Waals surface area contributed by atoms with Gasteiger partial charge in [0.2, 0.25) is 11.2 Å². The van der Waals surface area contributed by atoms with Gasteiger partial charge in [0, 0.05) is 13.1 Å². The van der Waals surface area contributed by atoms with Gasteiger partial charge in [-0.1, -0.05) is 0 Å². The van der Waals surface area contributed by atoms with Crippen molar-refractivity contribution in [1.82, 2.24) is 15.0 Å². The van der Waals surface area contributed by atoms with Crippen molar-refractivity contribution in [3.63, 3.8) is 0 Å². The van der Waals surface area contributed by atoms with E-state index in [9.17, 15) is 0 Å². The van der Waals surface area contributed by atoms with Crippen molar-refractivity contribution in [1.29, 1.82) is 5.26 Å². The van der Waals surface area contributed by atoms with E-state index in [1.807, 2.05) is 32.6 Å². The second-order valence-electron chi connectivity index (χ2n) is 4.42. The lowest BCUT2D eigenvalue weighted by Crippen LogP contribution is -2.30. The zero-order valence-corrected chi connectivity index (χ0v) is 12.3. The summed E-state index contributed by atoms with van der Waals surface area (Å²) in [5.41, 5.74) is 0. The first kappa shape index (κ1) is 15.4. The lowest BCUT2D eigenvalue weighted by atomic mass is 10.2. The van der Waals surface area contributed by atoms with Gasteiger partial charge in [0.25, 0.3) is 0 Å². The van der Waals surface area contributed by atoms with E-state index in [2.05, 4.69) is 21.0 Å². The lowest BCUT2D eigenvalue weighted by Gasteiger charge is -2.22. The summed E-state index contributed by atoms with van der Waals surface area (Å²) in [6, 6.07) is 2.39. The molecule has 0 saturated carbocycles. The van der Waals surface area contributed by atoms with E-state index >= 15 is 0 Å². The Kier molecular flexibility index (Phi) is 5.77. The van der Waals surface area contributed by atoms with Crippen molar-refractivity contribution >= 4 is 17.5 Å². The molecule has 7 heteroatoms. The Morgan fingerprint density at radius 2 is 2.00 bits per heavy atom. The fraction of sp³-hybridized carbons (Fsp3) is 0.667. The maximum absolute atomic E-state index is 8.87. The number of hydrogen-bond acceptors (Lipinski definition) is 6. The summed E-state index contributed by atoms with van der Waals surface area (Å²) in [5.74, 6) is 0.310. The van der Waals surface area contributed by atoms with Gasteiger partial charge in [0.1, 0.15) is 0 Å². The summed E-state index contributed by atoms with van der Waals surface area (Å²) in [4.78, 5) is 14.1. The Labute approximate surface area is 118 Å². The topological polar surface area (TPSA) is 74.9 Å².